The Morgan fingerprint density at radius 3 is 2.84 bits per heavy atom. The van der Waals surface area contributed by atoms with Crippen LogP contribution in [0.4, 0.5) is 0 Å². The Morgan fingerprint density at radius 2 is 2.08 bits per heavy atom. The van der Waals surface area contributed by atoms with Crippen LogP contribution >= 0.6 is 11.3 Å². The van der Waals surface area contributed by atoms with Crippen LogP contribution in [0.25, 0.3) is 16.2 Å². The number of carbonyl (C=O) groups is 1. The number of carboxylic acids is 1. The van der Waals surface area contributed by atoms with Gasteiger partial charge in [-0.15, -0.1) is 11.3 Å². The maximum Gasteiger partial charge on any atom is 0.341 e. The van der Waals surface area contributed by atoms with Gasteiger partial charge in [-0.25, -0.2) is 14.3 Å². The molecular weight excluding hydrogens is 338 g/mol. The van der Waals surface area contributed by atoms with Crippen molar-refractivity contribution in [3.05, 3.63) is 59.0 Å². The number of thiophene rings is 1. The summed E-state index contributed by atoms with van der Waals surface area (Å²) < 4.78 is 3.15. The first kappa shape index (κ1) is 15.1. The standard InChI is InChI=1S/C17H11N5O2S/c1-21-8-6-11(20-21)2-3-12-4-5-15(25-12)14-7-9-22-16(19-14)13(10-18-22)17(23)24/h4-10H,1H3,(H,23,24). The second kappa shape index (κ2) is 5.89. The van der Waals surface area contributed by atoms with E-state index in [1.54, 1.807) is 16.9 Å². The summed E-state index contributed by atoms with van der Waals surface area (Å²) in [5.74, 6) is 5.04. The van der Waals surface area contributed by atoms with Gasteiger partial charge in [-0.3, -0.25) is 4.68 Å². The Morgan fingerprint density at radius 1 is 1.20 bits per heavy atom. The van der Waals surface area contributed by atoms with E-state index >= 15 is 0 Å². The fraction of sp³-hybridized carbons (Fsp3) is 0.0588. The molecule has 4 aromatic heterocycles. The van der Waals surface area contributed by atoms with E-state index in [9.17, 15) is 9.90 Å². The number of fused-ring (bicyclic) bond motifs is 1. The molecule has 0 radical (unpaired) electrons. The number of aromatic carboxylic acids is 1. The third kappa shape index (κ3) is 2.88. The molecule has 0 aliphatic carbocycles. The molecule has 0 aliphatic rings. The molecule has 1 N–H and O–H groups in total. The summed E-state index contributed by atoms with van der Waals surface area (Å²) in [7, 11) is 1.85. The Hall–Kier alpha value is -3.44. The lowest BCUT2D eigenvalue weighted by atomic mass is 10.3. The van der Waals surface area contributed by atoms with Crippen LogP contribution in [0.2, 0.25) is 0 Å². The highest BCUT2D eigenvalue weighted by Crippen LogP contribution is 2.27. The van der Waals surface area contributed by atoms with Gasteiger partial charge in [0.15, 0.2) is 5.65 Å². The summed E-state index contributed by atoms with van der Waals surface area (Å²) in [5.41, 5.74) is 1.79. The highest BCUT2D eigenvalue weighted by molar-refractivity contribution is 7.16. The molecule has 0 aliphatic heterocycles. The van der Waals surface area contributed by atoms with Gasteiger partial charge < -0.3 is 5.11 Å². The van der Waals surface area contributed by atoms with E-state index in [1.807, 2.05) is 31.4 Å². The zero-order valence-corrected chi connectivity index (χ0v) is 13.9. The number of aryl methyl sites for hydroxylation is 1. The number of carboxylic acid groups (broad SMARTS) is 1. The van der Waals surface area contributed by atoms with Gasteiger partial charge in [0, 0.05) is 19.4 Å². The molecule has 0 bridgehead atoms. The van der Waals surface area contributed by atoms with Crippen LogP contribution in [-0.4, -0.2) is 35.5 Å². The van der Waals surface area contributed by atoms with Crippen molar-refractivity contribution >= 4 is 23.0 Å². The summed E-state index contributed by atoms with van der Waals surface area (Å²) in [5, 5.41) is 17.4. The first-order valence-corrected chi connectivity index (χ1v) is 8.11. The lowest BCUT2D eigenvalue weighted by Crippen LogP contribution is -1.98. The normalized spacial score (nSPS) is 10.6. The topological polar surface area (TPSA) is 85.3 Å². The molecule has 0 atom stereocenters. The van der Waals surface area contributed by atoms with Gasteiger partial charge in [-0.1, -0.05) is 0 Å². The predicted octanol–water partition coefficient (Wildman–Crippen LogP) is 2.29. The maximum atomic E-state index is 11.2. The quantitative estimate of drug-likeness (QED) is 0.561. The van der Waals surface area contributed by atoms with E-state index in [4.69, 9.17) is 0 Å². The van der Waals surface area contributed by atoms with Gasteiger partial charge in [-0.05, 0) is 36.1 Å². The molecule has 4 aromatic rings. The van der Waals surface area contributed by atoms with Gasteiger partial charge in [0.05, 0.1) is 21.6 Å². The van der Waals surface area contributed by atoms with Crippen molar-refractivity contribution in [3.8, 4) is 22.4 Å². The summed E-state index contributed by atoms with van der Waals surface area (Å²) in [4.78, 5) is 17.5. The van der Waals surface area contributed by atoms with Crippen LogP contribution in [-0.2, 0) is 7.05 Å². The zero-order chi connectivity index (χ0) is 17.4. The molecule has 4 rings (SSSR count). The first-order valence-electron chi connectivity index (χ1n) is 7.30. The van der Waals surface area contributed by atoms with E-state index in [2.05, 4.69) is 27.0 Å². The highest BCUT2D eigenvalue weighted by Gasteiger charge is 2.14. The van der Waals surface area contributed by atoms with Crippen molar-refractivity contribution in [1.82, 2.24) is 24.4 Å². The molecule has 122 valence electrons. The van der Waals surface area contributed by atoms with E-state index in [0.29, 0.717) is 17.0 Å². The molecule has 7 nitrogen and oxygen atoms in total. The first-order chi connectivity index (χ1) is 12.1. The van der Waals surface area contributed by atoms with Gasteiger partial charge >= 0.3 is 5.97 Å². The van der Waals surface area contributed by atoms with E-state index in [1.165, 1.54) is 22.0 Å². The van der Waals surface area contributed by atoms with Crippen molar-refractivity contribution in [2.24, 2.45) is 7.05 Å². The molecule has 0 amide bonds. The van der Waals surface area contributed by atoms with Crippen molar-refractivity contribution in [2.45, 2.75) is 0 Å². The molecule has 0 fully saturated rings. The van der Waals surface area contributed by atoms with Crippen molar-refractivity contribution in [2.75, 3.05) is 0 Å². The number of hydrogen-bond acceptors (Lipinski definition) is 5. The summed E-state index contributed by atoms with van der Waals surface area (Å²) in [6, 6.07) is 7.48. The second-order valence-electron chi connectivity index (χ2n) is 5.23. The lowest BCUT2D eigenvalue weighted by Gasteiger charge is -1.98. The smallest absolute Gasteiger partial charge is 0.341 e. The Kier molecular flexibility index (Phi) is 3.56. The Balaban J connectivity index is 1.68. The third-order valence-corrected chi connectivity index (χ3v) is 4.51. The fourth-order valence-electron chi connectivity index (χ4n) is 2.31. The minimum atomic E-state index is -1.05. The van der Waals surface area contributed by atoms with Crippen molar-refractivity contribution in [3.63, 3.8) is 0 Å². The molecule has 8 heteroatoms. The molecule has 0 saturated heterocycles. The molecule has 0 saturated carbocycles. The maximum absolute atomic E-state index is 11.2. The SMILES string of the molecule is Cn1ccc(C#Cc2ccc(-c3ccn4ncc(C(=O)O)c4n3)s2)n1. The Bertz CT molecular complexity index is 1160. The van der Waals surface area contributed by atoms with Gasteiger partial charge in [0.2, 0.25) is 0 Å². The average Bonchev–Trinajstić information content (AvgIpc) is 3.31. The Labute approximate surface area is 146 Å². The predicted molar refractivity (Wildman–Crippen MR) is 92.4 cm³/mol. The van der Waals surface area contributed by atoms with Crippen molar-refractivity contribution in [1.29, 1.82) is 0 Å². The van der Waals surface area contributed by atoms with Crippen LogP contribution in [0.3, 0.4) is 0 Å². The summed E-state index contributed by atoms with van der Waals surface area (Å²) in [6.07, 6.45) is 4.84. The number of nitrogens with zero attached hydrogens (tertiary/aromatic N) is 5. The van der Waals surface area contributed by atoms with Crippen LogP contribution < -0.4 is 0 Å². The van der Waals surface area contributed by atoms with Crippen LogP contribution in [0.15, 0.2) is 42.9 Å². The largest absolute Gasteiger partial charge is 0.477 e. The summed E-state index contributed by atoms with van der Waals surface area (Å²) >= 11 is 1.49. The second-order valence-corrected chi connectivity index (χ2v) is 6.32. The third-order valence-electron chi connectivity index (χ3n) is 3.49. The highest BCUT2D eigenvalue weighted by atomic mass is 32.1. The van der Waals surface area contributed by atoms with Gasteiger partial charge in [0.25, 0.3) is 0 Å². The fourth-order valence-corrected chi connectivity index (χ4v) is 3.14. The molecule has 0 aromatic carbocycles. The zero-order valence-electron chi connectivity index (χ0n) is 13.0. The molecule has 4 heterocycles. The molecule has 0 unspecified atom stereocenters. The average molecular weight is 349 g/mol. The molecule has 0 spiro atoms. The van der Waals surface area contributed by atoms with Crippen molar-refractivity contribution < 1.29 is 9.90 Å². The number of aromatic nitrogens is 5. The van der Waals surface area contributed by atoms with Gasteiger partial charge in [-0.2, -0.15) is 10.2 Å². The van der Waals surface area contributed by atoms with E-state index in [0.717, 1.165) is 9.75 Å². The van der Waals surface area contributed by atoms with Gasteiger partial charge in [0.1, 0.15) is 11.3 Å². The monoisotopic (exact) mass is 349 g/mol. The van der Waals surface area contributed by atoms with E-state index < -0.39 is 5.97 Å². The van der Waals surface area contributed by atoms with Crippen LogP contribution in [0, 0.1) is 11.8 Å². The minimum absolute atomic E-state index is 0.0774. The molecule has 25 heavy (non-hydrogen) atoms. The van der Waals surface area contributed by atoms with E-state index in [-0.39, 0.29) is 5.56 Å². The number of rotatable bonds is 2. The number of hydrogen-bond donors (Lipinski definition) is 1. The minimum Gasteiger partial charge on any atom is -0.477 e. The van der Waals surface area contributed by atoms with Crippen LogP contribution in [0.1, 0.15) is 20.9 Å². The van der Waals surface area contributed by atoms with Crippen LogP contribution in [0.5, 0.6) is 0 Å². The lowest BCUT2D eigenvalue weighted by molar-refractivity contribution is 0.0699. The molecular formula is C17H11N5O2S. The summed E-state index contributed by atoms with van der Waals surface area (Å²) in [6.45, 7) is 0.